The Bertz CT molecular complexity index is 1120. The minimum absolute atomic E-state index is 0.0991. The zero-order valence-electron chi connectivity index (χ0n) is 22.1. The van der Waals surface area contributed by atoms with Crippen LogP contribution in [0.25, 0.3) is 0 Å². The zero-order chi connectivity index (χ0) is 26.0. The molecule has 0 radical (unpaired) electrons. The first kappa shape index (κ1) is 26.6. The fourth-order valence-corrected chi connectivity index (χ4v) is 5.15. The van der Waals surface area contributed by atoms with Crippen molar-refractivity contribution in [3.63, 3.8) is 0 Å². The first-order valence-electron chi connectivity index (χ1n) is 13.7. The van der Waals surface area contributed by atoms with Gasteiger partial charge in [-0.15, -0.1) is 0 Å². The van der Waals surface area contributed by atoms with E-state index in [0.29, 0.717) is 26.4 Å². The molecule has 0 amide bonds. The molecule has 2 heterocycles. The molecule has 5 nitrogen and oxygen atoms in total. The SMILES string of the molecule is CCC1=CCCC2O[C@H](COCc3ccccc3)[C@@H](OCc3ccccc3)[C@H](OCc3ccccc3)C2O1. The molecule has 1 fully saturated rings. The summed E-state index contributed by atoms with van der Waals surface area (Å²) in [4.78, 5) is 0. The van der Waals surface area contributed by atoms with Crippen LogP contribution in [-0.2, 0) is 43.5 Å². The molecule has 0 saturated carbocycles. The standard InChI is InChI=1S/C33H38O5/c1-2-28-19-12-20-29-32(37-28)33(36-23-27-17-10-5-11-18-27)31(35-22-26-15-8-4-9-16-26)30(38-29)24-34-21-25-13-6-3-7-14-25/h3-11,13-19,29-33H,2,12,20-24H2,1H3/t29?,30-,31-,32?,33+/m1/s1. The van der Waals surface area contributed by atoms with Gasteiger partial charge in [0.05, 0.1) is 38.3 Å². The lowest BCUT2D eigenvalue weighted by atomic mass is 9.92. The fourth-order valence-electron chi connectivity index (χ4n) is 5.15. The van der Waals surface area contributed by atoms with Gasteiger partial charge in [0.25, 0.3) is 0 Å². The maximum atomic E-state index is 6.70. The molecule has 2 aliphatic heterocycles. The number of benzene rings is 3. The summed E-state index contributed by atoms with van der Waals surface area (Å²) in [6.45, 7) is 4.00. The molecule has 0 N–H and O–H groups in total. The first-order chi connectivity index (χ1) is 18.8. The second-order valence-corrected chi connectivity index (χ2v) is 9.92. The van der Waals surface area contributed by atoms with E-state index < -0.39 is 0 Å². The highest BCUT2D eigenvalue weighted by atomic mass is 16.6. The first-order valence-corrected chi connectivity index (χ1v) is 13.7. The minimum atomic E-state index is -0.354. The second-order valence-electron chi connectivity index (χ2n) is 9.92. The maximum Gasteiger partial charge on any atom is 0.153 e. The van der Waals surface area contributed by atoms with Crippen LogP contribution in [-0.4, -0.2) is 37.1 Å². The van der Waals surface area contributed by atoms with E-state index in [1.165, 1.54) is 0 Å². The summed E-state index contributed by atoms with van der Waals surface area (Å²) in [5.41, 5.74) is 3.36. The predicted octanol–water partition coefficient (Wildman–Crippen LogP) is 6.61. The number of ether oxygens (including phenoxy) is 5. The summed E-state index contributed by atoms with van der Waals surface area (Å²) in [6, 6.07) is 30.7. The number of fused-ring (bicyclic) bond motifs is 1. The van der Waals surface area contributed by atoms with E-state index in [2.05, 4.69) is 49.4 Å². The molecule has 0 bridgehead atoms. The number of hydrogen-bond acceptors (Lipinski definition) is 5. The van der Waals surface area contributed by atoms with Crippen molar-refractivity contribution in [2.45, 2.75) is 76.5 Å². The lowest BCUT2D eigenvalue weighted by molar-refractivity contribution is -0.263. The smallest absolute Gasteiger partial charge is 0.153 e. The topological polar surface area (TPSA) is 46.2 Å². The molecular formula is C33H38O5. The van der Waals surface area contributed by atoms with Crippen LogP contribution in [0, 0.1) is 0 Å². The van der Waals surface area contributed by atoms with Crippen molar-refractivity contribution < 1.29 is 23.7 Å². The van der Waals surface area contributed by atoms with Crippen LogP contribution in [0.4, 0.5) is 0 Å². The van der Waals surface area contributed by atoms with E-state index in [1.54, 1.807) is 0 Å². The Balaban J connectivity index is 1.38. The molecule has 0 spiro atoms. The fraction of sp³-hybridized carbons (Fsp3) is 0.394. The van der Waals surface area contributed by atoms with Gasteiger partial charge in [0.15, 0.2) is 6.10 Å². The Morgan fingerprint density at radius 3 is 1.84 bits per heavy atom. The van der Waals surface area contributed by atoms with E-state index in [1.807, 2.05) is 54.6 Å². The van der Waals surface area contributed by atoms with Gasteiger partial charge in [-0.2, -0.15) is 0 Å². The van der Waals surface area contributed by atoms with Crippen molar-refractivity contribution in [1.29, 1.82) is 0 Å². The highest BCUT2D eigenvalue weighted by molar-refractivity contribution is 5.16. The van der Waals surface area contributed by atoms with Crippen LogP contribution in [0.2, 0.25) is 0 Å². The van der Waals surface area contributed by atoms with Crippen molar-refractivity contribution in [1.82, 2.24) is 0 Å². The van der Waals surface area contributed by atoms with Crippen LogP contribution in [0.5, 0.6) is 0 Å². The van der Waals surface area contributed by atoms with Gasteiger partial charge in [0, 0.05) is 6.42 Å². The molecule has 200 valence electrons. The molecule has 1 saturated heterocycles. The quantitative estimate of drug-likeness (QED) is 0.288. The summed E-state index contributed by atoms with van der Waals surface area (Å²) < 4.78 is 32.7. The van der Waals surface area contributed by atoms with E-state index in [-0.39, 0.29) is 30.5 Å². The monoisotopic (exact) mass is 514 g/mol. The van der Waals surface area contributed by atoms with Gasteiger partial charge >= 0.3 is 0 Å². The highest BCUT2D eigenvalue weighted by Gasteiger charge is 2.49. The average Bonchev–Trinajstić information content (AvgIpc) is 3.19. The van der Waals surface area contributed by atoms with Crippen molar-refractivity contribution in [3.8, 4) is 0 Å². The van der Waals surface area contributed by atoms with Crippen LogP contribution < -0.4 is 0 Å². The third kappa shape index (κ3) is 7.12. The summed E-state index contributed by atoms with van der Waals surface area (Å²) in [5, 5.41) is 0. The van der Waals surface area contributed by atoms with Gasteiger partial charge in [0.2, 0.25) is 0 Å². The molecule has 0 aliphatic carbocycles. The van der Waals surface area contributed by atoms with Gasteiger partial charge in [-0.3, -0.25) is 0 Å². The molecule has 2 unspecified atom stereocenters. The third-order valence-corrected chi connectivity index (χ3v) is 7.15. The Morgan fingerprint density at radius 1 is 0.711 bits per heavy atom. The van der Waals surface area contributed by atoms with Crippen LogP contribution in [0.1, 0.15) is 42.9 Å². The van der Waals surface area contributed by atoms with Crippen molar-refractivity contribution in [2.75, 3.05) is 6.61 Å². The highest BCUT2D eigenvalue weighted by Crippen LogP contribution is 2.35. The summed E-state index contributed by atoms with van der Waals surface area (Å²) in [7, 11) is 0. The van der Waals surface area contributed by atoms with Gasteiger partial charge in [0.1, 0.15) is 18.3 Å². The molecule has 5 atom stereocenters. The molecule has 5 heteroatoms. The zero-order valence-corrected chi connectivity index (χ0v) is 22.1. The molecule has 0 aromatic heterocycles. The van der Waals surface area contributed by atoms with Crippen LogP contribution >= 0.6 is 0 Å². The minimum Gasteiger partial charge on any atom is -0.490 e. The van der Waals surface area contributed by atoms with Crippen molar-refractivity contribution in [3.05, 3.63) is 120 Å². The van der Waals surface area contributed by atoms with Crippen molar-refractivity contribution >= 4 is 0 Å². The van der Waals surface area contributed by atoms with E-state index in [0.717, 1.165) is 41.7 Å². The lowest BCUT2D eigenvalue weighted by Gasteiger charge is -2.46. The molecule has 3 aromatic rings. The Morgan fingerprint density at radius 2 is 1.26 bits per heavy atom. The number of hydrogen-bond donors (Lipinski definition) is 0. The van der Waals surface area contributed by atoms with Crippen LogP contribution in [0.3, 0.4) is 0 Å². The van der Waals surface area contributed by atoms with E-state index in [4.69, 9.17) is 23.7 Å². The molecule has 3 aromatic carbocycles. The Kier molecular flexibility index (Phi) is 9.62. The maximum absolute atomic E-state index is 6.70. The average molecular weight is 515 g/mol. The Labute approximate surface area is 226 Å². The van der Waals surface area contributed by atoms with Gasteiger partial charge in [-0.05, 0) is 35.6 Å². The van der Waals surface area contributed by atoms with Crippen molar-refractivity contribution in [2.24, 2.45) is 0 Å². The van der Waals surface area contributed by atoms with Gasteiger partial charge < -0.3 is 23.7 Å². The van der Waals surface area contributed by atoms with Gasteiger partial charge in [-0.25, -0.2) is 0 Å². The predicted molar refractivity (Wildman–Crippen MR) is 147 cm³/mol. The summed E-state index contributed by atoms with van der Waals surface area (Å²) in [5.74, 6) is 0.995. The van der Waals surface area contributed by atoms with E-state index >= 15 is 0 Å². The molecule has 38 heavy (non-hydrogen) atoms. The second kappa shape index (κ2) is 13.7. The normalized spacial score (nSPS) is 25.1. The molecular weight excluding hydrogens is 476 g/mol. The summed E-state index contributed by atoms with van der Waals surface area (Å²) >= 11 is 0. The van der Waals surface area contributed by atoms with Crippen LogP contribution in [0.15, 0.2) is 103 Å². The van der Waals surface area contributed by atoms with Gasteiger partial charge in [-0.1, -0.05) is 97.9 Å². The number of rotatable bonds is 11. The lowest BCUT2D eigenvalue weighted by Crippen LogP contribution is -2.60. The molecule has 2 aliphatic rings. The molecule has 5 rings (SSSR count). The number of allylic oxidation sites excluding steroid dienone is 2. The Hall–Kier alpha value is -2.96. The summed E-state index contributed by atoms with van der Waals surface area (Å²) in [6.07, 6.45) is 3.53. The third-order valence-electron chi connectivity index (χ3n) is 7.15. The largest absolute Gasteiger partial charge is 0.490 e. The van der Waals surface area contributed by atoms with E-state index in [9.17, 15) is 0 Å².